The van der Waals surface area contributed by atoms with Gasteiger partial charge in [0.1, 0.15) is 5.52 Å². The summed E-state index contributed by atoms with van der Waals surface area (Å²) >= 11 is 0. The second-order valence-corrected chi connectivity index (χ2v) is 5.69. The van der Waals surface area contributed by atoms with E-state index in [9.17, 15) is 4.79 Å². The number of pyridine rings is 1. The zero-order valence-corrected chi connectivity index (χ0v) is 13.8. The van der Waals surface area contributed by atoms with Crippen LogP contribution in [0.25, 0.3) is 22.6 Å². The van der Waals surface area contributed by atoms with Crippen LogP contribution < -0.4 is 5.73 Å². The van der Waals surface area contributed by atoms with Crippen LogP contribution in [-0.4, -0.2) is 54.2 Å². The normalized spacial score (nSPS) is 10.9. The molecule has 0 unspecified atom stereocenters. The molecule has 0 aromatic carbocycles. The highest BCUT2D eigenvalue weighted by molar-refractivity contribution is 5.83. The molecule has 0 saturated carbocycles. The number of fused-ring (bicyclic) bond motifs is 1. The molecule has 0 aliphatic heterocycles. The van der Waals surface area contributed by atoms with Gasteiger partial charge in [0, 0.05) is 38.1 Å². The van der Waals surface area contributed by atoms with Crippen molar-refractivity contribution >= 4 is 23.1 Å². The van der Waals surface area contributed by atoms with Crippen LogP contribution in [-0.2, 0) is 6.54 Å². The van der Waals surface area contributed by atoms with E-state index in [0.29, 0.717) is 35.9 Å². The van der Waals surface area contributed by atoms with Gasteiger partial charge in [-0.1, -0.05) is 0 Å². The van der Waals surface area contributed by atoms with Gasteiger partial charge in [-0.05, 0) is 25.0 Å². The lowest BCUT2D eigenvalue weighted by molar-refractivity contribution is 0.155. The van der Waals surface area contributed by atoms with Gasteiger partial charge in [0.25, 0.3) is 0 Å². The lowest BCUT2D eigenvalue weighted by Gasteiger charge is -2.12. The fraction of sp³-hybridized carbons (Fsp3) is 0.312. The summed E-state index contributed by atoms with van der Waals surface area (Å²) in [5.74, 6) is 0.862. The topological polar surface area (TPSA) is 123 Å². The Morgan fingerprint density at radius 3 is 2.76 bits per heavy atom. The number of nitrogen functional groups attached to an aromatic ring is 1. The second kappa shape index (κ2) is 7.12. The summed E-state index contributed by atoms with van der Waals surface area (Å²) in [4.78, 5) is 29.2. The number of hydrogen-bond donors (Lipinski definition) is 2. The fourth-order valence-corrected chi connectivity index (χ4v) is 2.49. The monoisotopic (exact) mass is 341 g/mol. The largest absolute Gasteiger partial charge is 0.465 e. The van der Waals surface area contributed by atoms with Gasteiger partial charge >= 0.3 is 6.09 Å². The van der Waals surface area contributed by atoms with Crippen molar-refractivity contribution < 1.29 is 9.90 Å². The van der Waals surface area contributed by atoms with Crippen molar-refractivity contribution in [2.24, 2.45) is 0 Å². The van der Waals surface area contributed by atoms with Crippen LogP contribution >= 0.6 is 0 Å². The first-order chi connectivity index (χ1) is 12.1. The van der Waals surface area contributed by atoms with Gasteiger partial charge in [0.2, 0.25) is 0 Å². The molecule has 0 radical (unpaired) electrons. The lowest BCUT2D eigenvalue weighted by Crippen LogP contribution is -2.25. The zero-order chi connectivity index (χ0) is 17.8. The molecule has 9 nitrogen and oxygen atoms in total. The molecule has 3 aromatic rings. The van der Waals surface area contributed by atoms with Crippen molar-refractivity contribution in [3.8, 4) is 11.4 Å². The van der Waals surface area contributed by atoms with E-state index in [-0.39, 0.29) is 0 Å². The van der Waals surface area contributed by atoms with Crippen LogP contribution in [0, 0.1) is 0 Å². The second-order valence-electron chi connectivity index (χ2n) is 5.69. The summed E-state index contributed by atoms with van der Waals surface area (Å²) in [5.41, 5.74) is 8.10. The van der Waals surface area contributed by atoms with Crippen LogP contribution in [0.15, 0.2) is 30.9 Å². The summed E-state index contributed by atoms with van der Waals surface area (Å²) < 4.78 is 1.92. The first-order valence-electron chi connectivity index (χ1n) is 7.89. The number of anilines is 1. The summed E-state index contributed by atoms with van der Waals surface area (Å²) in [5, 5.41) is 8.85. The van der Waals surface area contributed by atoms with E-state index in [1.54, 1.807) is 25.8 Å². The van der Waals surface area contributed by atoms with Crippen LogP contribution in [0.3, 0.4) is 0 Å². The molecule has 0 fully saturated rings. The van der Waals surface area contributed by atoms with Crippen LogP contribution in [0.5, 0.6) is 0 Å². The molecule has 130 valence electrons. The number of aryl methyl sites for hydroxylation is 1. The number of imidazole rings is 1. The first kappa shape index (κ1) is 16.6. The molecule has 3 heterocycles. The Bertz CT molecular complexity index is 879. The average molecular weight is 341 g/mol. The number of unbranched alkanes of at least 4 members (excludes halogenated alkanes) is 1. The van der Waals surface area contributed by atoms with Crippen LogP contribution in [0.1, 0.15) is 12.8 Å². The highest BCUT2D eigenvalue weighted by atomic mass is 16.4. The molecule has 1 amide bonds. The third kappa shape index (κ3) is 3.65. The van der Waals surface area contributed by atoms with E-state index < -0.39 is 6.09 Å². The van der Waals surface area contributed by atoms with Gasteiger partial charge in [0.05, 0.1) is 6.33 Å². The van der Waals surface area contributed by atoms with Crippen molar-refractivity contribution in [2.75, 3.05) is 19.3 Å². The van der Waals surface area contributed by atoms with Crippen molar-refractivity contribution in [1.82, 2.24) is 29.4 Å². The number of nitrogens with two attached hydrogens (primary N) is 1. The molecular weight excluding hydrogens is 322 g/mol. The summed E-state index contributed by atoms with van der Waals surface area (Å²) in [7, 11) is 1.56. The SMILES string of the molecule is CN(CCCCn1cnc2c(N)nc(-c3ccncc3)nc21)C(=O)O. The third-order valence-corrected chi connectivity index (χ3v) is 3.90. The molecule has 0 bridgehead atoms. The molecule has 25 heavy (non-hydrogen) atoms. The number of hydrogen-bond acceptors (Lipinski definition) is 6. The Balaban J connectivity index is 1.78. The zero-order valence-electron chi connectivity index (χ0n) is 13.8. The standard InChI is InChI=1S/C16H19N7O2/c1-22(16(24)25)8-2-3-9-23-10-19-12-13(17)20-14(21-15(12)23)11-4-6-18-7-5-11/h4-7,10H,2-3,8-9H2,1H3,(H,24,25)(H2,17,20,21). The maximum atomic E-state index is 10.8. The number of aromatic nitrogens is 5. The summed E-state index contributed by atoms with van der Waals surface area (Å²) in [6, 6.07) is 3.64. The van der Waals surface area contributed by atoms with Crippen molar-refractivity contribution in [2.45, 2.75) is 19.4 Å². The smallest absolute Gasteiger partial charge is 0.407 e. The minimum absolute atomic E-state index is 0.334. The van der Waals surface area contributed by atoms with E-state index in [2.05, 4.69) is 19.9 Å². The van der Waals surface area contributed by atoms with Gasteiger partial charge in [-0.3, -0.25) is 4.98 Å². The minimum Gasteiger partial charge on any atom is -0.465 e. The number of carbonyl (C=O) groups is 1. The molecule has 0 aliphatic rings. The van der Waals surface area contributed by atoms with Crippen molar-refractivity contribution in [3.05, 3.63) is 30.9 Å². The molecule has 3 rings (SSSR count). The Hall–Kier alpha value is -3.23. The quantitative estimate of drug-likeness (QED) is 0.656. The predicted octanol–water partition coefficient (Wildman–Crippen LogP) is 1.86. The van der Waals surface area contributed by atoms with E-state index in [1.165, 1.54) is 4.90 Å². The predicted molar refractivity (Wildman–Crippen MR) is 92.9 cm³/mol. The number of nitrogens with zero attached hydrogens (tertiary/aromatic N) is 6. The Morgan fingerprint density at radius 1 is 1.28 bits per heavy atom. The van der Waals surface area contributed by atoms with Gasteiger partial charge in [-0.25, -0.2) is 19.7 Å². The average Bonchev–Trinajstić information content (AvgIpc) is 3.02. The molecular formula is C16H19N7O2. The molecule has 9 heteroatoms. The molecule has 3 aromatic heterocycles. The highest BCUT2D eigenvalue weighted by Crippen LogP contribution is 2.22. The van der Waals surface area contributed by atoms with Crippen LogP contribution in [0.4, 0.5) is 10.6 Å². The van der Waals surface area contributed by atoms with Gasteiger partial charge in [0.15, 0.2) is 17.3 Å². The molecule has 0 atom stereocenters. The van der Waals surface area contributed by atoms with Gasteiger partial charge < -0.3 is 20.3 Å². The first-order valence-corrected chi connectivity index (χ1v) is 7.89. The van der Waals surface area contributed by atoms with Crippen molar-refractivity contribution in [3.63, 3.8) is 0 Å². The number of rotatable bonds is 6. The Labute approximate surface area is 144 Å². The third-order valence-electron chi connectivity index (χ3n) is 3.90. The maximum Gasteiger partial charge on any atom is 0.407 e. The maximum absolute atomic E-state index is 10.8. The van der Waals surface area contributed by atoms with E-state index in [0.717, 1.165) is 18.4 Å². The minimum atomic E-state index is -0.921. The van der Waals surface area contributed by atoms with Crippen molar-refractivity contribution in [1.29, 1.82) is 0 Å². The molecule has 0 saturated heterocycles. The molecule has 0 aliphatic carbocycles. The number of carboxylic acid groups (broad SMARTS) is 1. The van der Waals surface area contributed by atoms with E-state index in [1.807, 2.05) is 16.7 Å². The van der Waals surface area contributed by atoms with Gasteiger partial charge in [-0.2, -0.15) is 0 Å². The Morgan fingerprint density at radius 2 is 2.04 bits per heavy atom. The lowest BCUT2D eigenvalue weighted by atomic mass is 10.2. The highest BCUT2D eigenvalue weighted by Gasteiger charge is 2.12. The Kier molecular flexibility index (Phi) is 4.73. The number of amides is 1. The van der Waals surface area contributed by atoms with E-state index >= 15 is 0 Å². The summed E-state index contributed by atoms with van der Waals surface area (Å²) in [6.45, 7) is 1.16. The summed E-state index contributed by atoms with van der Waals surface area (Å²) in [6.07, 6.45) is 5.67. The fourth-order valence-electron chi connectivity index (χ4n) is 2.49. The van der Waals surface area contributed by atoms with Gasteiger partial charge in [-0.15, -0.1) is 0 Å². The molecule has 0 spiro atoms. The van der Waals surface area contributed by atoms with E-state index in [4.69, 9.17) is 10.8 Å². The van der Waals surface area contributed by atoms with Crippen LogP contribution in [0.2, 0.25) is 0 Å². The molecule has 3 N–H and O–H groups in total.